The van der Waals surface area contributed by atoms with Gasteiger partial charge in [-0.15, -0.1) is 0 Å². The highest BCUT2D eigenvalue weighted by molar-refractivity contribution is 5.82. The van der Waals surface area contributed by atoms with Crippen LogP contribution in [0.3, 0.4) is 0 Å². The van der Waals surface area contributed by atoms with Crippen molar-refractivity contribution in [2.24, 2.45) is 5.92 Å². The van der Waals surface area contributed by atoms with Crippen LogP contribution in [0.1, 0.15) is 53.4 Å². The Bertz CT molecular complexity index is 287. The molecule has 0 atom stereocenters. The molecule has 0 spiro atoms. The highest BCUT2D eigenvalue weighted by atomic mass is 16.5. The van der Waals surface area contributed by atoms with E-state index in [-0.39, 0.29) is 11.2 Å². The van der Waals surface area contributed by atoms with E-state index in [0.717, 1.165) is 18.9 Å². The lowest BCUT2D eigenvalue weighted by molar-refractivity contribution is -0.167. The van der Waals surface area contributed by atoms with Crippen molar-refractivity contribution in [3.63, 3.8) is 0 Å². The molecule has 0 aromatic rings. The van der Waals surface area contributed by atoms with E-state index in [1.165, 1.54) is 25.7 Å². The van der Waals surface area contributed by atoms with Gasteiger partial charge in [0, 0.05) is 19.0 Å². The molecule has 1 aliphatic heterocycles. The average Bonchev–Trinajstić information content (AvgIpc) is 2.63. The summed E-state index contributed by atoms with van der Waals surface area (Å²) in [6.45, 7) is 10.2. The molecule has 17 heavy (non-hydrogen) atoms. The highest BCUT2D eigenvalue weighted by Crippen LogP contribution is 2.32. The fourth-order valence-electron chi connectivity index (χ4n) is 3.42. The van der Waals surface area contributed by atoms with Crippen molar-refractivity contribution < 1.29 is 4.74 Å². The SMILES string of the molecule is CC1(C)CN(C(=N)C2CCCC2)CC(C)(C)O1. The van der Waals surface area contributed by atoms with Gasteiger partial charge in [-0.1, -0.05) is 12.8 Å². The third-order valence-corrected chi connectivity index (χ3v) is 3.78. The van der Waals surface area contributed by atoms with Gasteiger partial charge in [0.2, 0.25) is 0 Å². The number of morpholine rings is 1. The minimum absolute atomic E-state index is 0.146. The van der Waals surface area contributed by atoms with Crippen molar-refractivity contribution in [3.8, 4) is 0 Å². The maximum atomic E-state index is 8.40. The Hall–Kier alpha value is -0.570. The topological polar surface area (TPSA) is 36.3 Å². The van der Waals surface area contributed by atoms with Crippen molar-refractivity contribution in [3.05, 3.63) is 0 Å². The summed E-state index contributed by atoms with van der Waals surface area (Å²) in [4.78, 5) is 2.25. The molecule has 3 heteroatoms. The summed E-state index contributed by atoms with van der Waals surface area (Å²) in [6.07, 6.45) is 5.00. The van der Waals surface area contributed by atoms with Crippen molar-refractivity contribution >= 4 is 5.84 Å². The van der Waals surface area contributed by atoms with Crippen molar-refractivity contribution in [1.82, 2.24) is 4.90 Å². The Labute approximate surface area is 105 Å². The summed E-state index contributed by atoms with van der Waals surface area (Å²) in [6, 6.07) is 0. The van der Waals surface area contributed by atoms with Crippen LogP contribution in [-0.4, -0.2) is 35.0 Å². The second-order valence-corrected chi connectivity index (χ2v) is 6.84. The molecule has 1 saturated heterocycles. The molecule has 1 saturated carbocycles. The number of hydrogen-bond donors (Lipinski definition) is 1. The summed E-state index contributed by atoms with van der Waals surface area (Å²) in [5.41, 5.74) is -0.292. The monoisotopic (exact) mass is 238 g/mol. The van der Waals surface area contributed by atoms with Gasteiger partial charge in [0.1, 0.15) is 0 Å². The van der Waals surface area contributed by atoms with E-state index in [1.54, 1.807) is 0 Å². The lowest BCUT2D eigenvalue weighted by Crippen LogP contribution is -2.59. The summed E-state index contributed by atoms with van der Waals surface area (Å²) < 4.78 is 6.07. The van der Waals surface area contributed by atoms with E-state index in [1.807, 2.05) is 0 Å². The van der Waals surface area contributed by atoms with Gasteiger partial charge in [0.25, 0.3) is 0 Å². The maximum Gasteiger partial charge on any atom is 0.0991 e. The van der Waals surface area contributed by atoms with E-state index < -0.39 is 0 Å². The lowest BCUT2D eigenvalue weighted by atomic mass is 9.96. The van der Waals surface area contributed by atoms with Crippen LogP contribution in [0, 0.1) is 11.3 Å². The predicted molar refractivity (Wildman–Crippen MR) is 70.5 cm³/mol. The first-order valence-corrected chi connectivity index (χ1v) is 6.83. The number of amidine groups is 1. The summed E-state index contributed by atoms with van der Waals surface area (Å²) in [5, 5.41) is 8.40. The van der Waals surface area contributed by atoms with Gasteiger partial charge in [-0.3, -0.25) is 5.41 Å². The first-order valence-electron chi connectivity index (χ1n) is 6.83. The first-order chi connectivity index (χ1) is 7.79. The summed E-state index contributed by atoms with van der Waals surface area (Å²) in [5.74, 6) is 1.35. The molecule has 0 aromatic heterocycles. The fourth-order valence-corrected chi connectivity index (χ4v) is 3.42. The highest BCUT2D eigenvalue weighted by Gasteiger charge is 2.40. The van der Waals surface area contributed by atoms with Gasteiger partial charge in [0.05, 0.1) is 17.0 Å². The van der Waals surface area contributed by atoms with Crippen LogP contribution in [-0.2, 0) is 4.74 Å². The van der Waals surface area contributed by atoms with Crippen LogP contribution in [0.5, 0.6) is 0 Å². The van der Waals surface area contributed by atoms with E-state index in [0.29, 0.717) is 5.92 Å². The molecule has 0 unspecified atom stereocenters. The Kier molecular flexibility index (Phi) is 3.23. The van der Waals surface area contributed by atoms with Crippen LogP contribution >= 0.6 is 0 Å². The molecule has 2 fully saturated rings. The molecular formula is C14H26N2O. The summed E-state index contributed by atoms with van der Waals surface area (Å²) >= 11 is 0. The Balaban J connectivity index is 2.07. The van der Waals surface area contributed by atoms with Gasteiger partial charge < -0.3 is 9.64 Å². The molecule has 1 aliphatic carbocycles. The number of rotatable bonds is 1. The van der Waals surface area contributed by atoms with Crippen LogP contribution in [0.25, 0.3) is 0 Å². The molecule has 1 N–H and O–H groups in total. The molecule has 0 radical (unpaired) electrons. The molecule has 1 heterocycles. The summed E-state index contributed by atoms with van der Waals surface area (Å²) in [7, 11) is 0. The van der Waals surface area contributed by atoms with Gasteiger partial charge >= 0.3 is 0 Å². The molecule has 0 bridgehead atoms. The molecule has 2 aliphatic rings. The van der Waals surface area contributed by atoms with Crippen LogP contribution in [0.2, 0.25) is 0 Å². The molecule has 98 valence electrons. The van der Waals surface area contributed by atoms with Crippen LogP contribution in [0.15, 0.2) is 0 Å². The van der Waals surface area contributed by atoms with Crippen molar-refractivity contribution in [2.45, 2.75) is 64.6 Å². The van der Waals surface area contributed by atoms with Gasteiger partial charge in [-0.05, 0) is 40.5 Å². The largest absolute Gasteiger partial charge is 0.366 e. The molecule has 0 aromatic carbocycles. The second kappa shape index (κ2) is 4.27. The standard InChI is InChI=1S/C14H26N2O/c1-13(2)9-16(10-14(3,4)17-13)12(15)11-7-5-6-8-11/h11,15H,5-10H2,1-4H3. The Morgan fingerprint density at radius 1 is 1.06 bits per heavy atom. The van der Waals surface area contributed by atoms with E-state index in [4.69, 9.17) is 10.1 Å². The predicted octanol–water partition coefficient (Wildman–Crippen LogP) is 3.04. The second-order valence-electron chi connectivity index (χ2n) is 6.84. The van der Waals surface area contributed by atoms with Crippen molar-refractivity contribution in [2.75, 3.05) is 13.1 Å². The third-order valence-electron chi connectivity index (χ3n) is 3.78. The number of hydrogen-bond acceptors (Lipinski definition) is 2. The number of ether oxygens (including phenoxy) is 1. The van der Waals surface area contributed by atoms with Crippen LogP contribution < -0.4 is 0 Å². The van der Waals surface area contributed by atoms with E-state index in [9.17, 15) is 0 Å². The average molecular weight is 238 g/mol. The van der Waals surface area contributed by atoms with Crippen LogP contribution in [0.4, 0.5) is 0 Å². The maximum absolute atomic E-state index is 8.40. The smallest absolute Gasteiger partial charge is 0.0991 e. The zero-order valence-electron chi connectivity index (χ0n) is 11.7. The van der Waals surface area contributed by atoms with E-state index >= 15 is 0 Å². The fraction of sp³-hybridized carbons (Fsp3) is 0.929. The number of nitrogens with zero attached hydrogens (tertiary/aromatic N) is 1. The molecule has 0 amide bonds. The quantitative estimate of drug-likeness (QED) is 0.563. The zero-order chi connectivity index (χ0) is 12.7. The minimum Gasteiger partial charge on any atom is -0.366 e. The molecular weight excluding hydrogens is 212 g/mol. The zero-order valence-corrected chi connectivity index (χ0v) is 11.7. The Morgan fingerprint density at radius 3 is 2.00 bits per heavy atom. The van der Waals surface area contributed by atoms with E-state index in [2.05, 4.69) is 32.6 Å². The third kappa shape index (κ3) is 3.01. The van der Waals surface area contributed by atoms with Gasteiger partial charge in [-0.2, -0.15) is 0 Å². The lowest BCUT2D eigenvalue weighted by Gasteiger charge is -2.48. The van der Waals surface area contributed by atoms with Gasteiger partial charge in [0.15, 0.2) is 0 Å². The van der Waals surface area contributed by atoms with Gasteiger partial charge in [-0.25, -0.2) is 0 Å². The minimum atomic E-state index is -0.146. The van der Waals surface area contributed by atoms with Crippen molar-refractivity contribution in [1.29, 1.82) is 5.41 Å². The molecule has 3 nitrogen and oxygen atoms in total. The molecule has 2 rings (SSSR count). The normalized spacial score (nSPS) is 28.4. The number of nitrogens with one attached hydrogen (secondary N) is 1. The Morgan fingerprint density at radius 2 is 1.53 bits per heavy atom. The first kappa shape index (κ1) is 12.9.